The highest BCUT2D eigenvalue weighted by molar-refractivity contribution is 6.22. The van der Waals surface area contributed by atoms with E-state index < -0.39 is 17.9 Å². The average molecular weight is 364 g/mol. The highest BCUT2D eigenvalue weighted by Crippen LogP contribution is 2.26. The molecular formula is C22H24N2O3. The minimum atomic E-state index is -0.869. The fourth-order valence-corrected chi connectivity index (χ4v) is 3.23. The van der Waals surface area contributed by atoms with E-state index >= 15 is 0 Å². The number of rotatable bonds is 7. The quantitative estimate of drug-likeness (QED) is 0.768. The fraction of sp³-hybridized carbons (Fsp3) is 0.318. The smallest absolute Gasteiger partial charge is 0.262 e. The number of carbonyl (C=O) groups is 3. The molecule has 1 heterocycles. The maximum atomic E-state index is 12.9. The van der Waals surface area contributed by atoms with Crippen molar-refractivity contribution in [3.05, 3.63) is 71.3 Å². The summed E-state index contributed by atoms with van der Waals surface area (Å²) in [5, 5.41) is 2.89. The second kappa shape index (κ2) is 8.16. The Morgan fingerprint density at radius 3 is 2.04 bits per heavy atom. The maximum Gasteiger partial charge on any atom is 0.262 e. The molecule has 27 heavy (non-hydrogen) atoms. The highest BCUT2D eigenvalue weighted by Gasteiger charge is 2.42. The minimum Gasteiger partial charge on any atom is -0.354 e. The molecule has 1 unspecified atom stereocenters. The van der Waals surface area contributed by atoms with Crippen LogP contribution in [0.4, 0.5) is 0 Å². The van der Waals surface area contributed by atoms with Gasteiger partial charge in [-0.2, -0.15) is 0 Å². The van der Waals surface area contributed by atoms with Crippen molar-refractivity contribution in [3.8, 4) is 0 Å². The van der Waals surface area contributed by atoms with Crippen molar-refractivity contribution >= 4 is 17.7 Å². The average Bonchev–Trinajstić information content (AvgIpc) is 2.91. The summed E-state index contributed by atoms with van der Waals surface area (Å²) in [7, 11) is 0. The molecule has 1 atom stereocenters. The van der Waals surface area contributed by atoms with Crippen LogP contribution in [0, 0.1) is 5.92 Å². The number of carbonyl (C=O) groups excluding carboxylic acids is 3. The van der Waals surface area contributed by atoms with Crippen LogP contribution >= 0.6 is 0 Å². The first kappa shape index (κ1) is 18.8. The molecule has 5 nitrogen and oxygen atoms in total. The van der Waals surface area contributed by atoms with E-state index in [0.717, 1.165) is 16.9 Å². The lowest BCUT2D eigenvalue weighted by molar-refractivity contribution is -0.125. The Bertz CT molecular complexity index is 811. The van der Waals surface area contributed by atoms with Gasteiger partial charge in [0.1, 0.15) is 6.04 Å². The van der Waals surface area contributed by atoms with Crippen LogP contribution in [0.2, 0.25) is 0 Å². The van der Waals surface area contributed by atoms with Gasteiger partial charge in [-0.15, -0.1) is 0 Å². The molecule has 0 radical (unpaired) electrons. The normalized spacial score (nSPS) is 14.4. The first-order valence-corrected chi connectivity index (χ1v) is 9.27. The van der Waals surface area contributed by atoms with E-state index in [2.05, 4.69) is 19.2 Å². The number of hydrogen-bond donors (Lipinski definition) is 1. The first-order valence-electron chi connectivity index (χ1n) is 9.27. The van der Waals surface area contributed by atoms with Gasteiger partial charge in [-0.05, 0) is 30.0 Å². The van der Waals surface area contributed by atoms with Crippen LogP contribution in [0.25, 0.3) is 0 Å². The number of benzene rings is 2. The van der Waals surface area contributed by atoms with Crippen LogP contribution in [-0.2, 0) is 11.2 Å². The third-order valence-corrected chi connectivity index (χ3v) is 4.73. The summed E-state index contributed by atoms with van der Waals surface area (Å²) < 4.78 is 0. The number of imide groups is 1. The predicted molar refractivity (Wildman–Crippen MR) is 103 cm³/mol. The Kier molecular flexibility index (Phi) is 5.69. The molecule has 0 aromatic heterocycles. The van der Waals surface area contributed by atoms with Crippen LogP contribution in [0.3, 0.4) is 0 Å². The van der Waals surface area contributed by atoms with Gasteiger partial charge in [0, 0.05) is 13.0 Å². The summed E-state index contributed by atoms with van der Waals surface area (Å²) in [6, 6.07) is 15.3. The number of hydrogen-bond acceptors (Lipinski definition) is 3. The number of nitrogens with zero attached hydrogens (tertiary/aromatic N) is 1. The SMILES string of the molecule is CC(C)CCNC(=O)C(Cc1ccccc1)N1C(=O)c2ccccc2C1=O. The van der Waals surface area contributed by atoms with Gasteiger partial charge in [-0.25, -0.2) is 0 Å². The maximum absolute atomic E-state index is 12.9. The Hall–Kier alpha value is -2.95. The summed E-state index contributed by atoms with van der Waals surface area (Å²) in [4.78, 5) is 39.7. The standard InChI is InChI=1S/C22H24N2O3/c1-15(2)12-13-23-20(25)19(14-16-8-4-3-5-9-16)24-21(26)17-10-6-7-11-18(17)22(24)27/h3-11,15,19H,12-14H2,1-2H3,(H,23,25). The first-order chi connectivity index (χ1) is 13.0. The summed E-state index contributed by atoms with van der Waals surface area (Å²) in [5.74, 6) is -0.655. The summed E-state index contributed by atoms with van der Waals surface area (Å²) in [5.41, 5.74) is 1.61. The number of nitrogens with one attached hydrogen (secondary N) is 1. The van der Waals surface area contributed by atoms with Crippen molar-refractivity contribution in [1.29, 1.82) is 0 Å². The molecule has 3 amide bonds. The second-order valence-electron chi connectivity index (χ2n) is 7.20. The van der Waals surface area contributed by atoms with Gasteiger partial charge in [-0.3, -0.25) is 19.3 Å². The van der Waals surface area contributed by atoms with Gasteiger partial charge in [0.05, 0.1) is 11.1 Å². The zero-order chi connectivity index (χ0) is 19.4. The molecule has 1 aliphatic heterocycles. The van der Waals surface area contributed by atoms with Gasteiger partial charge in [0.25, 0.3) is 11.8 Å². The Morgan fingerprint density at radius 2 is 1.48 bits per heavy atom. The van der Waals surface area contributed by atoms with Gasteiger partial charge in [-0.1, -0.05) is 56.3 Å². The van der Waals surface area contributed by atoms with E-state index in [1.165, 1.54) is 0 Å². The zero-order valence-electron chi connectivity index (χ0n) is 15.6. The van der Waals surface area contributed by atoms with E-state index in [-0.39, 0.29) is 5.91 Å². The molecule has 1 N–H and O–H groups in total. The monoisotopic (exact) mass is 364 g/mol. The van der Waals surface area contributed by atoms with Crippen molar-refractivity contribution in [2.24, 2.45) is 5.92 Å². The van der Waals surface area contributed by atoms with E-state index in [1.54, 1.807) is 24.3 Å². The second-order valence-corrected chi connectivity index (χ2v) is 7.20. The van der Waals surface area contributed by atoms with E-state index in [1.807, 2.05) is 30.3 Å². The van der Waals surface area contributed by atoms with Crippen LogP contribution in [-0.4, -0.2) is 35.2 Å². The predicted octanol–water partition coefficient (Wildman–Crippen LogP) is 3.06. The molecule has 0 aliphatic carbocycles. The van der Waals surface area contributed by atoms with Gasteiger partial charge >= 0.3 is 0 Å². The number of fused-ring (bicyclic) bond motifs is 1. The number of amides is 3. The fourth-order valence-electron chi connectivity index (χ4n) is 3.23. The molecular weight excluding hydrogens is 340 g/mol. The third kappa shape index (κ3) is 4.08. The lowest BCUT2D eigenvalue weighted by Crippen LogP contribution is -2.51. The van der Waals surface area contributed by atoms with E-state index in [4.69, 9.17) is 0 Å². The molecule has 0 bridgehead atoms. The molecule has 5 heteroatoms. The molecule has 2 aromatic rings. The molecule has 0 fully saturated rings. The lowest BCUT2D eigenvalue weighted by Gasteiger charge is -2.25. The molecule has 0 saturated carbocycles. The topological polar surface area (TPSA) is 66.5 Å². The Morgan fingerprint density at radius 1 is 0.926 bits per heavy atom. The van der Waals surface area contributed by atoms with Crippen molar-refractivity contribution in [2.75, 3.05) is 6.54 Å². The molecule has 0 spiro atoms. The summed E-state index contributed by atoms with van der Waals surface area (Å²) in [6.45, 7) is 4.68. The Labute approximate surface area is 159 Å². The van der Waals surface area contributed by atoms with Crippen molar-refractivity contribution in [2.45, 2.75) is 32.7 Å². The van der Waals surface area contributed by atoms with Crippen LogP contribution in [0.5, 0.6) is 0 Å². The van der Waals surface area contributed by atoms with Gasteiger partial charge in [0.15, 0.2) is 0 Å². The molecule has 0 saturated heterocycles. The molecule has 140 valence electrons. The van der Waals surface area contributed by atoms with Crippen molar-refractivity contribution in [3.63, 3.8) is 0 Å². The van der Waals surface area contributed by atoms with Crippen molar-refractivity contribution < 1.29 is 14.4 Å². The third-order valence-electron chi connectivity index (χ3n) is 4.73. The van der Waals surface area contributed by atoms with Gasteiger partial charge in [0.2, 0.25) is 5.91 Å². The van der Waals surface area contributed by atoms with Gasteiger partial charge < -0.3 is 5.32 Å². The molecule has 1 aliphatic rings. The summed E-state index contributed by atoms with van der Waals surface area (Å²) in [6.07, 6.45) is 1.13. The van der Waals surface area contributed by atoms with E-state index in [9.17, 15) is 14.4 Å². The van der Waals surface area contributed by atoms with Crippen LogP contribution < -0.4 is 5.32 Å². The molecule has 3 rings (SSSR count). The largest absolute Gasteiger partial charge is 0.354 e. The Balaban J connectivity index is 1.87. The van der Waals surface area contributed by atoms with E-state index in [0.29, 0.717) is 30.0 Å². The summed E-state index contributed by atoms with van der Waals surface area (Å²) >= 11 is 0. The van der Waals surface area contributed by atoms with Crippen molar-refractivity contribution in [1.82, 2.24) is 10.2 Å². The zero-order valence-corrected chi connectivity index (χ0v) is 15.6. The van der Waals surface area contributed by atoms with Crippen LogP contribution in [0.1, 0.15) is 46.5 Å². The highest BCUT2D eigenvalue weighted by atomic mass is 16.2. The lowest BCUT2D eigenvalue weighted by atomic mass is 10.0. The molecule has 2 aromatic carbocycles. The minimum absolute atomic E-state index is 0.291. The van der Waals surface area contributed by atoms with Crippen LogP contribution in [0.15, 0.2) is 54.6 Å².